The van der Waals surface area contributed by atoms with Crippen molar-refractivity contribution in [2.75, 3.05) is 13.7 Å². The van der Waals surface area contributed by atoms with Crippen LogP contribution in [0.2, 0.25) is 58.9 Å². The molecule has 0 bridgehead atoms. The molecule has 2 heterocycles. The van der Waals surface area contributed by atoms with Crippen molar-refractivity contribution in [3.05, 3.63) is 29.3 Å². The molecule has 2 aliphatic heterocycles. The number of epoxide rings is 1. The molecule has 0 aliphatic carbocycles. The van der Waals surface area contributed by atoms with Crippen LogP contribution < -0.4 is 16.0 Å². The van der Waals surface area contributed by atoms with Crippen LogP contribution in [-0.2, 0) is 22.8 Å². The van der Waals surface area contributed by atoms with Gasteiger partial charge in [-0.1, -0.05) is 6.92 Å². The molecule has 10 nitrogen and oxygen atoms in total. The highest BCUT2D eigenvalue weighted by atomic mass is 28.4. The van der Waals surface area contributed by atoms with Gasteiger partial charge >= 0.3 is 0 Å². The third-order valence-corrected chi connectivity index (χ3v) is 10.9. The number of ketones is 1. The zero-order valence-corrected chi connectivity index (χ0v) is 31.8. The van der Waals surface area contributed by atoms with E-state index in [-0.39, 0.29) is 59.6 Å². The molecule has 0 saturated carbocycles. The minimum atomic E-state index is -2.11. The van der Waals surface area contributed by atoms with Crippen LogP contribution in [0.4, 0.5) is 0 Å². The molecule has 250 valence electrons. The largest absolute Gasteiger partial charge is 0.497 e. The molecule has 3 N–H and O–H groups in total. The molecule has 0 spiro atoms. The van der Waals surface area contributed by atoms with E-state index in [1.807, 2.05) is 0 Å². The first-order valence-electron chi connectivity index (χ1n) is 15.8. The number of benzene rings is 1. The van der Waals surface area contributed by atoms with E-state index in [9.17, 15) is 9.59 Å². The molecule has 1 aromatic rings. The van der Waals surface area contributed by atoms with Crippen molar-refractivity contribution in [3.63, 3.8) is 0 Å². The third-order valence-electron chi connectivity index (χ3n) is 7.90. The van der Waals surface area contributed by atoms with Crippen molar-refractivity contribution < 1.29 is 37.1 Å². The molecule has 2 fully saturated rings. The molecular weight excluding hydrogens is 613 g/mol. The molecule has 2 saturated heterocycles. The summed E-state index contributed by atoms with van der Waals surface area (Å²) in [5, 5.41) is 0. The maximum Gasteiger partial charge on any atom is 0.265 e. The number of rotatable bonds is 15. The van der Waals surface area contributed by atoms with E-state index in [2.05, 4.69) is 78.2 Å². The zero-order chi connectivity index (χ0) is 33.2. The van der Waals surface area contributed by atoms with E-state index in [0.29, 0.717) is 12.4 Å². The molecule has 2 aliphatic rings. The first-order valence-corrected chi connectivity index (χ1v) is 26.0. The fourth-order valence-electron chi connectivity index (χ4n) is 5.91. The van der Waals surface area contributed by atoms with Gasteiger partial charge in [-0.2, -0.15) is 0 Å². The monoisotopic (exact) mass is 668 g/mol. The number of amides is 1. The summed E-state index contributed by atoms with van der Waals surface area (Å²) in [4.78, 5) is 26.3. The number of ether oxygens (including phenoxy) is 3. The standard InChI is InChI=1S/C31H56N2O8Si3/c1-19(20(2)39-42(4,5)6)28-27(38-28)15-21-18-37-26(30(41-44(10,11)12)29(21)40-43(7,8)9)17-25(34)24-16-22(36-3)13-14-23(24)31(35)33-32/h13-14,16,19-21,26-30H,15,17-18,32H2,1-12H3,(H,33,35)/t19-,20+,21+,26+,27+,28+,29-,30-/m1/s1. The summed E-state index contributed by atoms with van der Waals surface area (Å²) in [7, 11) is -4.29. The number of nitrogens with two attached hydrogens (primary N) is 1. The van der Waals surface area contributed by atoms with E-state index in [1.54, 1.807) is 18.2 Å². The molecule has 0 unspecified atom stereocenters. The van der Waals surface area contributed by atoms with Gasteiger partial charge in [0.05, 0.1) is 49.8 Å². The van der Waals surface area contributed by atoms with Gasteiger partial charge in [-0.05, 0) is 90.5 Å². The van der Waals surface area contributed by atoms with Gasteiger partial charge in [-0.15, -0.1) is 0 Å². The minimum absolute atomic E-state index is 0.0244. The van der Waals surface area contributed by atoms with Crippen molar-refractivity contribution in [1.82, 2.24) is 5.43 Å². The summed E-state index contributed by atoms with van der Waals surface area (Å²) in [6, 6.07) is 4.74. The number of methoxy groups -OCH3 is 1. The van der Waals surface area contributed by atoms with Gasteiger partial charge in [0, 0.05) is 29.9 Å². The number of nitrogens with one attached hydrogen (secondary N) is 1. The lowest BCUT2D eigenvalue weighted by atomic mass is 9.85. The fourth-order valence-corrected chi connectivity index (χ4v) is 9.48. The molecule has 13 heteroatoms. The number of Topliss-reactive ketones (excluding diaryl/α,β-unsaturated/α-hetero) is 1. The normalized spacial score (nSPS) is 27.4. The summed E-state index contributed by atoms with van der Waals surface area (Å²) < 4.78 is 38.1. The SMILES string of the molecule is COc1ccc(C(=O)NN)c(C(=O)C[C@@H]2OC[C@H](C[C@@H]3O[C@H]3[C@H](C)[C@H](C)O[Si](C)(C)C)[C@@H](O[Si](C)(C)C)[C@@H]2O[Si](C)(C)C)c1. The molecule has 0 radical (unpaired) electrons. The third kappa shape index (κ3) is 10.6. The predicted octanol–water partition coefficient (Wildman–Crippen LogP) is 5.36. The number of hydrogen-bond donors (Lipinski definition) is 2. The van der Waals surface area contributed by atoms with Crippen LogP contribution in [0.5, 0.6) is 5.75 Å². The van der Waals surface area contributed by atoms with Crippen molar-refractivity contribution in [1.29, 1.82) is 0 Å². The Balaban J connectivity index is 1.86. The van der Waals surface area contributed by atoms with Gasteiger partial charge in [-0.25, -0.2) is 5.84 Å². The average Bonchev–Trinajstić information content (AvgIpc) is 3.67. The molecule has 1 aromatic carbocycles. The lowest BCUT2D eigenvalue weighted by molar-refractivity contribution is -0.151. The molecule has 1 amide bonds. The summed E-state index contributed by atoms with van der Waals surface area (Å²) in [6.45, 7) is 24.3. The van der Waals surface area contributed by atoms with Gasteiger partial charge in [0.15, 0.2) is 30.7 Å². The van der Waals surface area contributed by atoms with E-state index in [4.69, 9.17) is 33.3 Å². The number of carbonyl (C=O) groups excluding carboxylic acids is 2. The Morgan fingerprint density at radius 3 is 2.09 bits per heavy atom. The summed E-state index contributed by atoms with van der Waals surface area (Å²) in [5.41, 5.74) is 2.54. The predicted molar refractivity (Wildman–Crippen MR) is 180 cm³/mol. The molecule has 44 heavy (non-hydrogen) atoms. The highest BCUT2D eigenvalue weighted by molar-refractivity contribution is 6.70. The van der Waals surface area contributed by atoms with Gasteiger partial charge in [0.1, 0.15) is 5.75 Å². The molecule has 8 atom stereocenters. The first kappa shape index (κ1) is 37.0. The second-order valence-corrected chi connectivity index (χ2v) is 28.6. The van der Waals surface area contributed by atoms with E-state index < -0.39 is 43.1 Å². The molecule has 3 rings (SSSR count). The number of carbonyl (C=O) groups is 2. The lowest BCUT2D eigenvalue weighted by Gasteiger charge is -2.47. The number of nitrogen functional groups attached to an aromatic ring is 1. The lowest BCUT2D eigenvalue weighted by Crippen LogP contribution is -2.58. The number of hydrogen-bond acceptors (Lipinski definition) is 9. The van der Waals surface area contributed by atoms with Crippen LogP contribution in [0.1, 0.15) is 47.4 Å². The van der Waals surface area contributed by atoms with Crippen LogP contribution in [0, 0.1) is 11.8 Å². The van der Waals surface area contributed by atoms with Crippen molar-refractivity contribution >= 4 is 36.6 Å². The maximum atomic E-state index is 13.8. The maximum absolute atomic E-state index is 13.8. The van der Waals surface area contributed by atoms with Gasteiger partial charge in [0.2, 0.25) is 0 Å². The Morgan fingerprint density at radius 2 is 1.55 bits per heavy atom. The zero-order valence-electron chi connectivity index (χ0n) is 28.8. The molecule has 0 aromatic heterocycles. The number of hydrazine groups is 1. The Morgan fingerprint density at radius 1 is 0.932 bits per heavy atom. The minimum Gasteiger partial charge on any atom is -0.497 e. The first-order chi connectivity index (χ1) is 20.2. The van der Waals surface area contributed by atoms with E-state index in [1.165, 1.54) is 7.11 Å². The van der Waals surface area contributed by atoms with E-state index >= 15 is 0 Å². The second kappa shape index (κ2) is 14.6. The topological polar surface area (TPSA) is 131 Å². The summed E-state index contributed by atoms with van der Waals surface area (Å²) >= 11 is 0. The Bertz CT molecular complexity index is 1150. The van der Waals surface area contributed by atoms with Crippen LogP contribution in [0.3, 0.4) is 0 Å². The average molecular weight is 669 g/mol. The summed E-state index contributed by atoms with van der Waals surface area (Å²) in [6.07, 6.45) is -0.0985. The van der Waals surface area contributed by atoms with Crippen LogP contribution in [0.15, 0.2) is 18.2 Å². The van der Waals surface area contributed by atoms with Gasteiger partial charge in [0.25, 0.3) is 5.91 Å². The Hall–Kier alpha value is -1.43. The molecular formula is C31H56N2O8Si3. The summed E-state index contributed by atoms with van der Waals surface area (Å²) in [5.74, 6) is 5.40. The van der Waals surface area contributed by atoms with Gasteiger partial charge in [-0.3, -0.25) is 15.0 Å². The van der Waals surface area contributed by atoms with Crippen LogP contribution in [0.25, 0.3) is 0 Å². The van der Waals surface area contributed by atoms with Crippen LogP contribution in [-0.4, -0.2) is 87.0 Å². The van der Waals surface area contributed by atoms with Crippen molar-refractivity contribution in [2.45, 2.75) is 122 Å². The van der Waals surface area contributed by atoms with Crippen molar-refractivity contribution in [3.8, 4) is 5.75 Å². The highest BCUT2D eigenvalue weighted by Crippen LogP contribution is 2.41. The fraction of sp³-hybridized carbons (Fsp3) is 0.742. The highest BCUT2D eigenvalue weighted by Gasteiger charge is 2.51. The second-order valence-electron chi connectivity index (χ2n) is 15.2. The Labute approximate surface area is 267 Å². The smallest absolute Gasteiger partial charge is 0.265 e. The van der Waals surface area contributed by atoms with Crippen LogP contribution >= 0.6 is 0 Å². The van der Waals surface area contributed by atoms with Gasteiger partial charge < -0.3 is 27.5 Å². The quantitative estimate of drug-likeness (QED) is 0.0633. The Kier molecular flexibility index (Phi) is 12.2. The van der Waals surface area contributed by atoms with Crippen molar-refractivity contribution in [2.24, 2.45) is 17.7 Å². The van der Waals surface area contributed by atoms with E-state index in [0.717, 1.165) is 6.42 Å².